The molecule has 0 saturated carbocycles. The van der Waals surface area contributed by atoms with E-state index in [-0.39, 0.29) is 9.92 Å². The lowest BCUT2D eigenvalue weighted by Crippen LogP contribution is -2.33. The van der Waals surface area contributed by atoms with Crippen molar-refractivity contribution < 1.29 is 8.42 Å². The van der Waals surface area contributed by atoms with Gasteiger partial charge in [-0.2, -0.15) is 23.5 Å². The van der Waals surface area contributed by atoms with Crippen molar-refractivity contribution in [3.63, 3.8) is 0 Å². The smallest absolute Gasteiger partial charge is 0.242 e. The maximum Gasteiger partial charge on any atom is 0.242 e. The molecule has 1 heterocycles. The van der Waals surface area contributed by atoms with E-state index >= 15 is 0 Å². The molecule has 21 heavy (non-hydrogen) atoms. The molecule has 1 fully saturated rings. The van der Waals surface area contributed by atoms with Crippen molar-refractivity contribution in [3.8, 4) is 0 Å². The molecular weight excluding hydrogens is 348 g/mol. The van der Waals surface area contributed by atoms with Crippen molar-refractivity contribution in [2.45, 2.75) is 16.7 Å². The maximum absolute atomic E-state index is 12.4. The highest BCUT2D eigenvalue weighted by atomic mass is 35.5. The second kappa shape index (κ2) is 8.08. The minimum Gasteiger partial charge on any atom is -0.316 e. The van der Waals surface area contributed by atoms with Crippen LogP contribution in [0.3, 0.4) is 0 Å². The zero-order valence-electron chi connectivity index (χ0n) is 11.8. The highest BCUT2D eigenvalue weighted by Crippen LogP contribution is 2.25. The lowest BCUT2D eigenvalue weighted by molar-refractivity contribution is 0.581. The summed E-state index contributed by atoms with van der Waals surface area (Å²) in [5.41, 5.74) is 0.893. The average Bonchev–Trinajstić information content (AvgIpc) is 2.48. The zero-order chi connectivity index (χ0) is 15.3. The molecule has 0 amide bonds. The van der Waals surface area contributed by atoms with Gasteiger partial charge in [-0.15, -0.1) is 0 Å². The molecule has 0 spiro atoms. The molecule has 1 atom stereocenters. The molecule has 1 aromatic carbocycles. The molecule has 2 rings (SSSR count). The van der Waals surface area contributed by atoms with Crippen molar-refractivity contribution in [3.05, 3.63) is 28.8 Å². The van der Waals surface area contributed by atoms with Crippen LogP contribution in [0, 0.1) is 0 Å². The third-order valence-corrected chi connectivity index (χ3v) is 7.80. The highest BCUT2D eigenvalue weighted by Gasteiger charge is 2.21. The molecule has 1 aromatic rings. The van der Waals surface area contributed by atoms with Crippen LogP contribution in [-0.4, -0.2) is 44.5 Å². The number of hydrogen-bond acceptors (Lipinski definition) is 5. The second-order valence-electron chi connectivity index (χ2n) is 4.71. The maximum atomic E-state index is 12.4. The van der Waals surface area contributed by atoms with Gasteiger partial charge in [-0.1, -0.05) is 17.7 Å². The fourth-order valence-corrected chi connectivity index (χ4v) is 6.35. The molecule has 0 bridgehead atoms. The third kappa shape index (κ3) is 5.04. The lowest BCUT2D eigenvalue weighted by atomic mass is 10.2. The van der Waals surface area contributed by atoms with E-state index in [1.165, 1.54) is 0 Å². The minimum atomic E-state index is -3.56. The Morgan fingerprint density at radius 1 is 1.38 bits per heavy atom. The van der Waals surface area contributed by atoms with Crippen LogP contribution in [-0.2, 0) is 16.6 Å². The van der Waals surface area contributed by atoms with Gasteiger partial charge < -0.3 is 5.32 Å². The normalized spacial score (nSPS) is 19.6. The average molecular weight is 367 g/mol. The van der Waals surface area contributed by atoms with Gasteiger partial charge in [0.15, 0.2) is 0 Å². The van der Waals surface area contributed by atoms with E-state index in [4.69, 9.17) is 11.6 Å². The number of rotatable bonds is 6. The van der Waals surface area contributed by atoms with Gasteiger partial charge in [0, 0.05) is 35.6 Å². The molecular formula is C13H19ClN2O2S3. The van der Waals surface area contributed by atoms with E-state index < -0.39 is 10.0 Å². The van der Waals surface area contributed by atoms with Crippen molar-refractivity contribution in [2.75, 3.05) is 30.9 Å². The van der Waals surface area contributed by atoms with E-state index in [2.05, 4.69) is 10.0 Å². The summed E-state index contributed by atoms with van der Waals surface area (Å²) in [6, 6.07) is 5.09. The SMILES string of the molecule is CNCc1ccc(Cl)c(S(=O)(=O)NCC2CSCCS2)c1. The van der Waals surface area contributed by atoms with Gasteiger partial charge in [-0.25, -0.2) is 13.1 Å². The fraction of sp³-hybridized carbons (Fsp3) is 0.538. The summed E-state index contributed by atoms with van der Waals surface area (Å²) in [6.07, 6.45) is 0. The molecule has 0 radical (unpaired) electrons. The molecule has 1 saturated heterocycles. The van der Waals surface area contributed by atoms with E-state index in [9.17, 15) is 8.42 Å². The lowest BCUT2D eigenvalue weighted by Gasteiger charge is -2.21. The summed E-state index contributed by atoms with van der Waals surface area (Å²) >= 11 is 9.75. The van der Waals surface area contributed by atoms with Crippen molar-refractivity contribution in [2.24, 2.45) is 0 Å². The molecule has 4 nitrogen and oxygen atoms in total. The number of halogens is 1. The quantitative estimate of drug-likeness (QED) is 0.808. The van der Waals surface area contributed by atoms with Crippen LogP contribution in [0.1, 0.15) is 5.56 Å². The number of nitrogens with one attached hydrogen (secondary N) is 2. The molecule has 1 unspecified atom stereocenters. The predicted molar refractivity (Wildman–Crippen MR) is 93.0 cm³/mol. The first-order chi connectivity index (χ1) is 10.0. The van der Waals surface area contributed by atoms with Crippen LogP contribution in [0.2, 0.25) is 5.02 Å². The van der Waals surface area contributed by atoms with Crippen molar-refractivity contribution in [1.82, 2.24) is 10.0 Å². The minimum absolute atomic E-state index is 0.158. The monoisotopic (exact) mass is 366 g/mol. The summed E-state index contributed by atoms with van der Waals surface area (Å²) in [4.78, 5) is 0.158. The van der Waals surface area contributed by atoms with E-state index in [0.717, 1.165) is 22.8 Å². The summed E-state index contributed by atoms with van der Waals surface area (Å²) in [7, 11) is -1.75. The Hall–Kier alpha value is 0.0800. The molecule has 0 aromatic heterocycles. The third-order valence-electron chi connectivity index (χ3n) is 3.05. The van der Waals surface area contributed by atoms with Gasteiger partial charge in [-0.05, 0) is 24.7 Å². The molecule has 1 aliphatic rings. The number of hydrogen-bond donors (Lipinski definition) is 2. The van der Waals surface area contributed by atoms with Crippen LogP contribution in [0.15, 0.2) is 23.1 Å². The Bertz CT molecular complexity index is 575. The van der Waals surface area contributed by atoms with Gasteiger partial charge in [-0.3, -0.25) is 0 Å². The summed E-state index contributed by atoms with van der Waals surface area (Å²) < 4.78 is 27.5. The summed E-state index contributed by atoms with van der Waals surface area (Å²) in [5.74, 6) is 3.21. The second-order valence-corrected chi connectivity index (χ2v) is 9.42. The summed E-state index contributed by atoms with van der Waals surface area (Å²) in [6.45, 7) is 1.06. The fourth-order valence-electron chi connectivity index (χ4n) is 2.00. The molecule has 1 aliphatic heterocycles. The van der Waals surface area contributed by atoms with Gasteiger partial charge in [0.2, 0.25) is 10.0 Å². The van der Waals surface area contributed by atoms with Crippen molar-refractivity contribution >= 4 is 45.1 Å². The standard InChI is InChI=1S/C13H19ClN2O2S3/c1-15-7-10-2-3-12(14)13(6-10)21(17,18)16-8-11-9-19-4-5-20-11/h2-3,6,11,15-16H,4-5,7-9H2,1H3. The number of thioether (sulfide) groups is 2. The number of sulfonamides is 1. The van der Waals surface area contributed by atoms with Crippen LogP contribution in [0.5, 0.6) is 0 Å². The first-order valence-electron chi connectivity index (χ1n) is 6.65. The zero-order valence-corrected chi connectivity index (χ0v) is 15.0. The van der Waals surface area contributed by atoms with E-state index in [0.29, 0.717) is 18.3 Å². The highest BCUT2D eigenvalue weighted by molar-refractivity contribution is 8.06. The first kappa shape index (κ1) is 17.4. The topological polar surface area (TPSA) is 58.2 Å². The molecule has 8 heteroatoms. The Labute approximate surface area is 139 Å². The van der Waals surface area contributed by atoms with Crippen molar-refractivity contribution in [1.29, 1.82) is 0 Å². The number of benzene rings is 1. The van der Waals surface area contributed by atoms with E-state index in [1.54, 1.807) is 12.1 Å². The Morgan fingerprint density at radius 2 is 2.19 bits per heavy atom. The summed E-state index contributed by atoms with van der Waals surface area (Å²) in [5, 5.41) is 3.59. The van der Waals surface area contributed by atoms with Crippen LogP contribution in [0.25, 0.3) is 0 Å². The van der Waals surface area contributed by atoms with Crippen LogP contribution < -0.4 is 10.0 Å². The van der Waals surface area contributed by atoms with Gasteiger partial charge >= 0.3 is 0 Å². The molecule has 118 valence electrons. The van der Waals surface area contributed by atoms with Gasteiger partial charge in [0.1, 0.15) is 4.90 Å². The Morgan fingerprint density at radius 3 is 2.86 bits per heavy atom. The predicted octanol–water partition coefficient (Wildman–Crippen LogP) is 2.19. The van der Waals surface area contributed by atoms with Crippen LogP contribution in [0.4, 0.5) is 0 Å². The van der Waals surface area contributed by atoms with Crippen LogP contribution >= 0.6 is 35.1 Å². The molecule has 0 aliphatic carbocycles. The molecule has 2 N–H and O–H groups in total. The van der Waals surface area contributed by atoms with E-state index in [1.807, 2.05) is 36.6 Å². The van der Waals surface area contributed by atoms with Gasteiger partial charge in [0.25, 0.3) is 0 Å². The first-order valence-corrected chi connectivity index (χ1v) is 10.7. The Kier molecular flexibility index (Phi) is 6.71. The van der Waals surface area contributed by atoms with Gasteiger partial charge in [0.05, 0.1) is 5.02 Å². The Balaban J connectivity index is 2.08. The largest absolute Gasteiger partial charge is 0.316 e.